The van der Waals surface area contributed by atoms with Crippen LogP contribution in [-0.2, 0) is 56.0 Å². The number of primary amides is 1. The molecule has 90 heavy (non-hydrogen) atoms. The molecule has 4 aromatic carbocycles. The number of rotatable bonds is 45. The van der Waals surface area contributed by atoms with Crippen molar-refractivity contribution >= 4 is 75.4 Å². The normalized spacial score (nSPS) is 14.5. The van der Waals surface area contributed by atoms with Crippen molar-refractivity contribution in [1.29, 1.82) is 0 Å². The van der Waals surface area contributed by atoms with Crippen LogP contribution in [-0.4, -0.2) is 109 Å². The third-order valence-electron chi connectivity index (χ3n) is 15.5. The van der Waals surface area contributed by atoms with Crippen LogP contribution in [0.1, 0.15) is 135 Å². The summed E-state index contributed by atoms with van der Waals surface area (Å²) in [6.07, 6.45) is 4.35. The zero-order chi connectivity index (χ0) is 65.8. The van der Waals surface area contributed by atoms with Gasteiger partial charge in [0.1, 0.15) is 0 Å². The summed E-state index contributed by atoms with van der Waals surface area (Å²) in [4.78, 5) is 124. The predicted octanol–water partition coefficient (Wildman–Crippen LogP) is 6.93. The summed E-state index contributed by atoms with van der Waals surface area (Å²) < 4.78 is 0. The van der Waals surface area contributed by atoms with Gasteiger partial charge in [0.2, 0.25) is 29.5 Å². The van der Waals surface area contributed by atoms with Gasteiger partial charge < -0.3 is 55.7 Å². The van der Waals surface area contributed by atoms with E-state index in [4.69, 9.17) is 34.4 Å². The molecule has 0 aromatic heterocycles. The number of nitrogens with two attached hydrogens (primary N) is 6. The fraction of sp³-hybridized carbons (Fsp3) is 0.507. The van der Waals surface area contributed by atoms with Gasteiger partial charge in [-0.15, -0.1) is 0 Å². The van der Waals surface area contributed by atoms with E-state index >= 15 is 0 Å². The average Bonchev–Trinajstić information content (AvgIpc) is 3.29. The van der Waals surface area contributed by atoms with Crippen molar-refractivity contribution in [2.24, 2.45) is 78.5 Å². The molecule has 0 aliphatic carbocycles. The number of azo groups is 2. The van der Waals surface area contributed by atoms with E-state index in [1.54, 1.807) is 62.4 Å². The lowest BCUT2D eigenvalue weighted by molar-refractivity contribution is -0.135. The second-order valence-corrected chi connectivity index (χ2v) is 23.3. The maximum absolute atomic E-state index is 14.1. The lowest BCUT2D eigenvalue weighted by Gasteiger charge is -2.25. The molecule has 9 unspecified atom stereocenters. The van der Waals surface area contributed by atoms with Gasteiger partial charge in [0, 0.05) is 49.4 Å². The second kappa shape index (κ2) is 41.3. The molecule has 0 fully saturated rings. The Hall–Kier alpha value is -8.09. The Kier molecular flexibility index (Phi) is 34.1. The maximum atomic E-state index is 14.1. The van der Waals surface area contributed by atoms with Gasteiger partial charge in [0.05, 0.1) is 53.0 Å². The van der Waals surface area contributed by atoms with E-state index in [9.17, 15) is 43.2 Å². The number of hydrogen-bond donors (Lipinski definition) is 10. The molecule has 0 saturated heterocycles. The number of benzene rings is 4. The first-order valence-electron chi connectivity index (χ1n) is 31.5. The van der Waals surface area contributed by atoms with Gasteiger partial charge in [-0.05, 0) is 176 Å². The van der Waals surface area contributed by atoms with E-state index in [1.807, 2.05) is 60.7 Å². The maximum Gasteiger partial charge on any atom is 0.237 e. The number of hydrogen-bond acceptors (Lipinski definition) is 18. The third kappa shape index (κ3) is 27.7. The molecule has 0 saturated carbocycles. The number of Topliss-reactive ketones (excluding diaryl/α,β-unsaturated/α-hetero) is 4. The molecule has 4 rings (SSSR count). The Balaban J connectivity index is 1.35. The quantitative estimate of drug-likeness (QED) is 0.0158. The summed E-state index contributed by atoms with van der Waals surface area (Å²) in [6, 6.07) is 27.7. The lowest BCUT2D eigenvalue weighted by Crippen LogP contribution is -2.50. The summed E-state index contributed by atoms with van der Waals surface area (Å²) in [6.45, 7) is 6.02. The number of carbonyl (C=O) groups is 9. The smallest absolute Gasteiger partial charge is 0.237 e. The van der Waals surface area contributed by atoms with Crippen molar-refractivity contribution < 1.29 is 43.2 Å². The van der Waals surface area contributed by atoms with Crippen molar-refractivity contribution in [1.82, 2.24) is 21.3 Å². The zero-order valence-electron chi connectivity index (χ0n) is 52.6. The number of nitrogens with one attached hydrogen (secondary N) is 4. The summed E-state index contributed by atoms with van der Waals surface area (Å²) in [5.74, 6) is -8.38. The van der Waals surface area contributed by atoms with Gasteiger partial charge in [-0.3, -0.25) is 43.2 Å². The summed E-state index contributed by atoms with van der Waals surface area (Å²) in [5, 5.41) is 28.2. The van der Waals surface area contributed by atoms with Crippen molar-refractivity contribution in [2.75, 3.05) is 26.2 Å². The van der Waals surface area contributed by atoms with E-state index < -0.39 is 107 Å². The number of unbranched alkanes of at least 4 members (excludes halogenated alkanes) is 4. The summed E-state index contributed by atoms with van der Waals surface area (Å²) >= 11 is 0. The highest BCUT2D eigenvalue weighted by Gasteiger charge is 2.33. The highest BCUT2D eigenvalue weighted by molar-refractivity contribution is 5.98. The van der Waals surface area contributed by atoms with Crippen LogP contribution in [0.2, 0.25) is 0 Å². The van der Waals surface area contributed by atoms with Gasteiger partial charge in [-0.25, -0.2) is 0 Å². The van der Waals surface area contributed by atoms with Crippen molar-refractivity contribution in [3.63, 3.8) is 0 Å². The number of nitrogens with zero attached hydrogens (tertiary/aromatic N) is 4. The van der Waals surface area contributed by atoms with Crippen molar-refractivity contribution in [3.8, 4) is 0 Å². The molecule has 488 valence electrons. The Morgan fingerprint density at radius 3 is 0.944 bits per heavy atom. The van der Waals surface area contributed by atoms with Gasteiger partial charge in [0.25, 0.3) is 0 Å². The number of amides is 5. The highest BCUT2D eigenvalue weighted by Crippen LogP contribution is 2.24. The average molecular weight is 1240 g/mol. The van der Waals surface area contributed by atoms with Crippen LogP contribution in [0.15, 0.2) is 130 Å². The Morgan fingerprint density at radius 1 is 0.367 bits per heavy atom. The molecule has 4 aromatic rings. The Bertz CT molecular complexity index is 2950. The molecule has 23 heteroatoms. The van der Waals surface area contributed by atoms with Crippen LogP contribution in [0, 0.1) is 23.7 Å². The van der Waals surface area contributed by atoms with Crippen LogP contribution in [0.5, 0.6) is 0 Å². The minimum absolute atomic E-state index is 0.161. The first-order valence-corrected chi connectivity index (χ1v) is 31.5. The molecule has 16 N–H and O–H groups in total. The van der Waals surface area contributed by atoms with E-state index in [1.165, 1.54) is 6.92 Å². The molecule has 23 nitrogen and oxygen atoms in total. The molecule has 0 aliphatic heterocycles. The topological polar surface area (TPSA) is 407 Å². The van der Waals surface area contributed by atoms with E-state index in [2.05, 4.69) is 41.7 Å². The molecule has 0 radical (unpaired) electrons. The lowest BCUT2D eigenvalue weighted by atomic mass is 9.89. The Morgan fingerprint density at radius 2 is 0.644 bits per heavy atom. The van der Waals surface area contributed by atoms with Crippen molar-refractivity contribution in [2.45, 2.75) is 167 Å². The molecule has 0 aliphatic rings. The summed E-state index contributed by atoms with van der Waals surface area (Å²) in [7, 11) is 0. The van der Waals surface area contributed by atoms with E-state index in [0.717, 1.165) is 11.1 Å². The van der Waals surface area contributed by atoms with Crippen LogP contribution in [0.3, 0.4) is 0 Å². The second-order valence-electron chi connectivity index (χ2n) is 23.3. The van der Waals surface area contributed by atoms with E-state index in [0.29, 0.717) is 100 Å². The first kappa shape index (κ1) is 74.4. The van der Waals surface area contributed by atoms with Crippen LogP contribution in [0.25, 0.3) is 0 Å². The molecular formula is C67H96N14O9. The third-order valence-corrected chi connectivity index (χ3v) is 15.5. The minimum Gasteiger partial charge on any atom is -0.369 e. The molecule has 5 amide bonds. The molecule has 9 atom stereocenters. The highest BCUT2D eigenvalue weighted by atomic mass is 16.2. The van der Waals surface area contributed by atoms with Crippen LogP contribution >= 0.6 is 0 Å². The van der Waals surface area contributed by atoms with Gasteiger partial charge in [-0.1, -0.05) is 81.4 Å². The van der Waals surface area contributed by atoms with Crippen LogP contribution < -0.4 is 55.7 Å². The first-order chi connectivity index (χ1) is 43.2. The number of ketones is 4. The van der Waals surface area contributed by atoms with Gasteiger partial charge in [0.15, 0.2) is 23.1 Å². The Labute approximate surface area is 529 Å². The van der Waals surface area contributed by atoms with Crippen molar-refractivity contribution in [3.05, 3.63) is 120 Å². The number of carbonyl (C=O) groups excluding carboxylic acids is 9. The van der Waals surface area contributed by atoms with Gasteiger partial charge >= 0.3 is 0 Å². The van der Waals surface area contributed by atoms with Gasteiger partial charge in [-0.2, -0.15) is 20.5 Å². The minimum atomic E-state index is -1.05. The molecular weight excluding hydrogens is 1140 g/mol. The SMILES string of the molecule is CC(CC(=O)C(CCCCN)NC(=O)C(C)CC(=O)C(CCCCN)NC(=O)C(N)Cc1ccc(N=Nc2ccccc2)cc1)C(=O)NC(CCCCN)C(=O)CC(C)C(=O)NC(CCCCN)C(=O)CC(Cc1ccc(N=Nc2ccccc2)cc1)C(N)=O. The zero-order valence-corrected chi connectivity index (χ0v) is 52.6. The fourth-order valence-electron chi connectivity index (χ4n) is 9.96. The monoisotopic (exact) mass is 1240 g/mol. The molecule has 0 spiro atoms. The molecule has 0 bridgehead atoms. The predicted molar refractivity (Wildman–Crippen MR) is 348 cm³/mol. The standard InChI is InChI=1S/C67H96N14O9/c1-44(38-59(82)55(22-10-14-34-68)75-65(88)46(3)40-61(84)57(24-12-16-36-70)77-67(90)54(72)42-48-28-32-53(33-29-48)81-79-51-20-8-5-9-21-51)64(87)74-56(23-11-15-35-69)60(83)39-45(2)66(89)76-58(25-13-17-37-71)62(85)43-49(63(73)86)41-47-26-30-52(31-27-47)80-78-50-18-6-4-7-19-50/h4-9,18-21,26-33,44-46,49,54-58H,10-17,22-25,34-43,68-72H2,1-3H3,(H2,73,86)(H,74,87)(H,75,88)(H,76,89)(H,77,90). The fourth-order valence-corrected chi connectivity index (χ4v) is 9.96. The summed E-state index contributed by atoms with van der Waals surface area (Å²) in [5.41, 5.74) is 39.4. The van der Waals surface area contributed by atoms with E-state index in [-0.39, 0.29) is 64.2 Å². The molecule has 0 heterocycles. The largest absolute Gasteiger partial charge is 0.369 e. The van der Waals surface area contributed by atoms with Crippen LogP contribution in [0.4, 0.5) is 22.7 Å².